The Morgan fingerprint density at radius 3 is 2.43 bits per heavy atom. The first-order chi connectivity index (χ1) is 11.0. The van der Waals surface area contributed by atoms with E-state index in [0.29, 0.717) is 5.56 Å². The summed E-state index contributed by atoms with van der Waals surface area (Å²) in [6, 6.07) is 8.98. The monoisotopic (exact) mass is 380 g/mol. The van der Waals surface area contributed by atoms with Crippen molar-refractivity contribution in [2.24, 2.45) is 0 Å². The van der Waals surface area contributed by atoms with Gasteiger partial charge in [-0.1, -0.05) is 15.9 Å². The van der Waals surface area contributed by atoms with E-state index in [9.17, 15) is 14.4 Å². The van der Waals surface area contributed by atoms with Gasteiger partial charge >= 0.3 is 11.9 Å². The molecule has 0 unspecified atom stereocenters. The Labute approximate surface area is 140 Å². The number of Topliss-reactive ketones (excluding diaryl/α,β-unsaturated/α-hetero) is 1. The molecule has 7 heteroatoms. The third kappa shape index (κ3) is 4.79. The van der Waals surface area contributed by atoms with Gasteiger partial charge in [-0.2, -0.15) is 0 Å². The van der Waals surface area contributed by atoms with Crippen LogP contribution in [0.2, 0.25) is 0 Å². The van der Waals surface area contributed by atoms with Gasteiger partial charge in [-0.15, -0.1) is 0 Å². The lowest BCUT2D eigenvalue weighted by Gasteiger charge is -2.06. The van der Waals surface area contributed by atoms with Crippen LogP contribution >= 0.6 is 15.9 Å². The second-order valence-electron chi connectivity index (χ2n) is 4.54. The summed E-state index contributed by atoms with van der Waals surface area (Å²) < 4.78 is 14.8. The van der Waals surface area contributed by atoms with Gasteiger partial charge in [0.25, 0.3) is 0 Å². The molecule has 2 rings (SSSR count). The number of hydrogen-bond donors (Lipinski definition) is 0. The van der Waals surface area contributed by atoms with Gasteiger partial charge in [0.1, 0.15) is 10.6 Å². The predicted octanol–water partition coefficient (Wildman–Crippen LogP) is 3.01. The summed E-state index contributed by atoms with van der Waals surface area (Å²) in [5, 5.41) is 0. The van der Waals surface area contributed by atoms with Crippen LogP contribution in [-0.4, -0.2) is 29.2 Å². The molecule has 0 amide bonds. The summed E-state index contributed by atoms with van der Waals surface area (Å²) in [4.78, 5) is 34.4. The molecule has 0 saturated carbocycles. The van der Waals surface area contributed by atoms with E-state index >= 15 is 0 Å². The van der Waals surface area contributed by atoms with Gasteiger partial charge in [0.2, 0.25) is 5.76 Å². The molecule has 1 aromatic carbocycles. The highest BCUT2D eigenvalue weighted by Gasteiger charge is 2.15. The zero-order valence-electron chi connectivity index (χ0n) is 12.2. The number of rotatable bonds is 6. The van der Waals surface area contributed by atoms with Crippen LogP contribution in [0.15, 0.2) is 47.1 Å². The normalized spacial score (nSPS) is 11.6. The number of benzene rings is 1. The minimum absolute atomic E-state index is 0.0842. The number of furan rings is 1. The van der Waals surface area contributed by atoms with Crippen molar-refractivity contribution in [2.75, 3.05) is 6.61 Å². The Kier molecular flexibility index (Phi) is 5.70. The molecular formula is C16H13BrO6. The van der Waals surface area contributed by atoms with E-state index in [-0.39, 0.29) is 23.9 Å². The van der Waals surface area contributed by atoms with Crippen LogP contribution in [0.5, 0.6) is 5.75 Å². The van der Waals surface area contributed by atoms with E-state index < -0.39 is 16.8 Å². The summed E-state index contributed by atoms with van der Waals surface area (Å²) in [6.07, 6.45) is 1.37. The molecule has 0 aliphatic carbocycles. The molecule has 0 aliphatic heterocycles. The number of hydrogen-bond acceptors (Lipinski definition) is 6. The van der Waals surface area contributed by atoms with Crippen LogP contribution in [0, 0.1) is 0 Å². The second-order valence-corrected chi connectivity index (χ2v) is 5.91. The summed E-state index contributed by atoms with van der Waals surface area (Å²) in [5.74, 6) is -1.14. The molecule has 1 aromatic heterocycles. The smallest absolute Gasteiger partial charge is 0.379 e. The molecule has 2 aromatic rings. The first-order valence-electron chi connectivity index (χ1n) is 6.67. The molecule has 0 aliphatic rings. The lowest BCUT2D eigenvalue weighted by atomic mass is 10.1. The fraction of sp³-hybridized carbons (Fsp3) is 0.188. The van der Waals surface area contributed by atoms with Crippen molar-refractivity contribution in [3.63, 3.8) is 0 Å². The minimum Gasteiger partial charge on any atom is -0.457 e. The quantitative estimate of drug-likeness (QED) is 0.331. The van der Waals surface area contributed by atoms with Crippen LogP contribution in [0.1, 0.15) is 27.8 Å². The molecule has 0 spiro atoms. The van der Waals surface area contributed by atoms with Gasteiger partial charge in [-0.05, 0) is 43.3 Å². The third-order valence-electron chi connectivity index (χ3n) is 2.78. The van der Waals surface area contributed by atoms with Crippen molar-refractivity contribution in [2.45, 2.75) is 11.8 Å². The summed E-state index contributed by atoms with van der Waals surface area (Å²) in [6.45, 7) is 1.26. The van der Waals surface area contributed by atoms with Gasteiger partial charge in [-0.3, -0.25) is 9.59 Å². The van der Waals surface area contributed by atoms with E-state index in [0.717, 1.165) is 0 Å². The third-order valence-corrected chi connectivity index (χ3v) is 3.15. The van der Waals surface area contributed by atoms with E-state index in [4.69, 9.17) is 13.9 Å². The standard InChI is InChI=1S/C16H13BrO6/c1-10(17)15(19)22-9-13(18)11-4-6-12(7-5-11)23-16(20)14-3-2-8-21-14/h2-8,10H,9H2,1H3/t10-/m0/s1. The van der Waals surface area contributed by atoms with Gasteiger partial charge in [0, 0.05) is 5.56 Å². The Morgan fingerprint density at radius 1 is 1.17 bits per heavy atom. The number of esters is 2. The van der Waals surface area contributed by atoms with Crippen molar-refractivity contribution in [3.8, 4) is 5.75 Å². The molecule has 120 valence electrons. The summed E-state index contributed by atoms with van der Waals surface area (Å²) in [7, 11) is 0. The molecule has 0 fully saturated rings. The minimum atomic E-state index is -0.630. The number of halogens is 1. The molecule has 0 bridgehead atoms. The molecule has 1 heterocycles. The van der Waals surface area contributed by atoms with E-state index in [2.05, 4.69) is 15.9 Å². The highest BCUT2D eigenvalue weighted by atomic mass is 79.9. The van der Waals surface area contributed by atoms with Crippen LogP contribution in [-0.2, 0) is 9.53 Å². The van der Waals surface area contributed by atoms with Crippen LogP contribution in [0.4, 0.5) is 0 Å². The number of ketones is 1. The predicted molar refractivity (Wildman–Crippen MR) is 83.8 cm³/mol. The van der Waals surface area contributed by atoms with Crippen LogP contribution in [0.3, 0.4) is 0 Å². The molecular weight excluding hydrogens is 368 g/mol. The van der Waals surface area contributed by atoms with Crippen molar-refractivity contribution >= 4 is 33.7 Å². The molecule has 0 saturated heterocycles. The maximum atomic E-state index is 11.9. The Hall–Kier alpha value is -2.41. The Morgan fingerprint density at radius 2 is 1.87 bits per heavy atom. The Balaban J connectivity index is 1.92. The maximum absolute atomic E-state index is 11.9. The molecule has 0 N–H and O–H groups in total. The Bertz CT molecular complexity index is 688. The molecule has 1 atom stereocenters. The zero-order chi connectivity index (χ0) is 16.8. The first kappa shape index (κ1) is 17.0. The van der Waals surface area contributed by atoms with E-state index in [1.165, 1.54) is 36.6 Å². The average molecular weight is 381 g/mol. The van der Waals surface area contributed by atoms with Crippen molar-refractivity contribution < 1.29 is 28.3 Å². The average Bonchev–Trinajstić information content (AvgIpc) is 3.07. The number of carbonyl (C=O) groups excluding carboxylic acids is 3. The lowest BCUT2D eigenvalue weighted by Crippen LogP contribution is -2.19. The first-order valence-corrected chi connectivity index (χ1v) is 7.58. The highest BCUT2D eigenvalue weighted by molar-refractivity contribution is 9.10. The van der Waals surface area contributed by atoms with Crippen LogP contribution in [0.25, 0.3) is 0 Å². The maximum Gasteiger partial charge on any atom is 0.379 e. The number of alkyl halides is 1. The second kappa shape index (κ2) is 7.73. The molecule has 6 nitrogen and oxygen atoms in total. The zero-order valence-corrected chi connectivity index (χ0v) is 13.7. The van der Waals surface area contributed by atoms with Crippen molar-refractivity contribution in [1.82, 2.24) is 0 Å². The van der Waals surface area contributed by atoms with E-state index in [1.54, 1.807) is 13.0 Å². The fourth-order valence-electron chi connectivity index (χ4n) is 1.60. The van der Waals surface area contributed by atoms with Gasteiger partial charge < -0.3 is 13.9 Å². The number of ether oxygens (including phenoxy) is 2. The SMILES string of the molecule is C[C@H](Br)C(=O)OCC(=O)c1ccc(OC(=O)c2ccco2)cc1. The number of carbonyl (C=O) groups is 3. The largest absolute Gasteiger partial charge is 0.457 e. The van der Waals surface area contributed by atoms with Crippen LogP contribution < -0.4 is 4.74 Å². The topological polar surface area (TPSA) is 82.8 Å². The van der Waals surface area contributed by atoms with Crippen molar-refractivity contribution in [3.05, 3.63) is 54.0 Å². The van der Waals surface area contributed by atoms with Gasteiger partial charge in [0.05, 0.1) is 6.26 Å². The summed E-state index contributed by atoms with van der Waals surface area (Å²) in [5.41, 5.74) is 0.345. The van der Waals surface area contributed by atoms with Crippen molar-refractivity contribution in [1.29, 1.82) is 0 Å². The molecule has 0 radical (unpaired) electrons. The highest BCUT2D eigenvalue weighted by Crippen LogP contribution is 2.15. The van der Waals surface area contributed by atoms with Gasteiger partial charge in [0.15, 0.2) is 12.4 Å². The van der Waals surface area contributed by atoms with E-state index in [1.807, 2.05) is 0 Å². The van der Waals surface area contributed by atoms with Gasteiger partial charge in [-0.25, -0.2) is 4.79 Å². The summed E-state index contributed by atoms with van der Waals surface area (Å²) >= 11 is 3.05. The molecule has 23 heavy (non-hydrogen) atoms. The lowest BCUT2D eigenvalue weighted by molar-refractivity contribution is -0.141. The fourth-order valence-corrected chi connectivity index (χ4v) is 1.73.